The molecule has 0 aromatic heterocycles. The molecular weight excluding hydrogens is 985 g/mol. The van der Waals surface area contributed by atoms with Crippen molar-refractivity contribution in [2.45, 2.75) is 406 Å². The highest BCUT2D eigenvalue weighted by atomic mass is 16.6. The summed E-state index contributed by atoms with van der Waals surface area (Å²) in [5.74, 6) is -0.853. The number of carbonyl (C=O) groups is 3. The third-order valence-corrected chi connectivity index (χ3v) is 16.3. The minimum absolute atomic E-state index is 0.0707. The number of carbonyl (C=O) groups excluding carboxylic acids is 3. The first-order valence-electron chi connectivity index (χ1n) is 36.0. The normalized spacial score (nSPS) is 12.2. The minimum atomic E-state index is -0.775. The molecule has 0 aliphatic heterocycles. The van der Waals surface area contributed by atoms with Gasteiger partial charge < -0.3 is 14.2 Å². The lowest BCUT2D eigenvalue weighted by molar-refractivity contribution is -0.167. The zero-order chi connectivity index (χ0) is 57.8. The number of hydrogen-bond donors (Lipinski definition) is 0. The monoisotopic (exact) mass is 1120 g/mol. The fraction of sp³-hybridized carbons (Fsp3) is 0.878. The molecule has 0 saturated carbocycles. The number of hydrogen-bond acceptors (Lipinski definition) is 6. The lowest BCUT2D eigenvalue weighted by atomic mass is 10.0. The average molecular weight is 1120 g/mol. The van der Waals surface area contributed by atoms with Gasteiger partial charge in [0.15, 0.2) is 6.10 Å². The Morgan fingerprint density at radius 1 is 0.237 bits per heavy atom. The van der Waals surface area contributed by atoms with E-state index >= 15 is 0 Å². The molecule has 0 bridgehead atoms. The van der Waals surface area contributed by atoms with E-state index in [2.05, 4.69) is 57.2 Å². The van der Waals surface area contributed by atoms with E-state index in [0.29, 0.717) is 19.3 Å². The van der Waals surface area contributed by atoms with Gasteiger partial charge >= 0.3 is 17.9 Å². The number of unbranched alkanes of at least 4 members (excludes halogenated alkanes) is 50. The second-order valence-corrected chi connectivity index (χ2v) is 24.5. The fourth-order valence-electron chi connectivity index (χ4n) is 10.9. The van der Waals surface area contributed by atoms with Crippen LogP contribution in [0.4, 0.5) is 0 Å². The van der Waals surface area contributed by atoms with Gasteiger partial charge in [-0.25, -0.2) is 0 Å². The van der Waals surface area contributed by atoms with Gasteiger partial charge in [-0.1, -0.05) is 320 Å². The van der Waals surface area contributed by atoms with Crippen molar-refractivity contribution in [3.8, 4) is 0 Å². The van der Waals surface area contributed by atoms with Crippen molar-refractivity contribution in [2.24, 2.45) is 0 Å². The van der Waals surface area contributed by atoms with E-state index in [1.165, 1.54) is 295 Å². The van der Waals surface area contributed by atoms with Crippen LogP contribution in [0.2, 0.25) is 0 Å². The van der Waals surface area contributed by atoms with Crippen LogP contribution in [0.1, 0.15) is 400 Å². The summed E-state index contributed by atoms with van der Waals surface area (Å²) in [6, 6.07) is 0. The molecule has 0 aliphatic rings. The Labute approximate surface area is 499 Å². The fourth-order valence-corrected chi connectivity index (χ4v) is 10.9. The average Bonchev–Trinajstić information content (AvgIpc) is 3.46. The molecule has 0 saturated heterocycles. The van der Waals surface area contributed by atoms with Crippen LogP contribution >= 0.6 is 0 Å². The van der Waals surface area contributed by atoms with Gasteiger partial charge in [-0.3, -0.25) is 14.4 Å². The van der Waals surface area contributed by atoms with E-state index in [4.69, 9.17) is 14.2 Å². The predicted octanol–water partition coefficient (Wildman–Crippen LogP) is 24.7. The number of esters is 3. The molecule has 0 heterocycles. The van der Waals surface area contributed by atoms with Gasteiger partial charge in [0.1, 0.15) is 13.2 Å². The Morgan fingerprint density at radius 3 is 0.650 bits per heavy atom. The molecular formula is C74H138O6. The van der Waals surface area contributed by atoms with Gasteiger partial charge in [0.25, 0.3) is 0 Å². The van der Waals surface area contributed by atoms with E-state index < -0.39 is 6.10 Å². The molecule has 470 valence electrons. The van der Waals surface area contributed by atoms with Gasteiger partial charge in [0.2, 0.25) is 0 Å². The molecule has 0 N–H and O–H groups in total. The van der Waals surface area contributed by atoms with Crippen molar-refractivity contribution in [1.82, 2.24) is 0 Å². The maximum atomic E-state index is 13.0. The highest BCUT2D eigenvalue weighted by Gasteiger charge is 2.19. The van der Waals surface area contributed by atoms with Gasteiger partial charge in [-0.05, 0) is 96.3 Å². The van der Waals surface area contributed by atoms with Gasteiger partial charge in [0, 0.05) is 19.3 Å². The van der Waals surface area contributed by atoms with E-state index in [-0.39, 0.29) is 31.1 Å². The molecule has 0 fully saturated rings. The van der Waals surface area contributed by atoms with Crippen LogP contribution in [0.5, 0.6) is 0 Å². The van der Waals surface area contributed by atoms with E-state index in [9.17, 15) is 14.4 Å². The maximum Gasteiger partial charge on any atom is 0.306 e. The zero-order valence-electron chi connectivity index (χ0n) is 54.1. The van der Waals surface area contributed by atoms with Crippen molar-refractivity contribution in [2.75, 3.05) is 13.2 Å². The van der Waals surface area contributed by atoms with Gasteiger partial charge in [0.05, 0.1) is 0 Å². The Balaban J connectivity index is 4.20. The highest BCUT2D eigenvalue weighted by Crippen LogP contribution is 2.18. The molecule has 0 aromatic carbocycles. The molecule has 0 aliphatic carbocycles. The summed E-state index contributed by atoms with van der Waals surface area (Å²) in [6.45, 7) is 6.68. The van der Waals surface area contributed by atoms with Crippen molar-refractivity contribution in [3.05, 3.63) is 36.5 Å². The summed E-state index contributed by atoms with van der Waals surface area (Å²) in [4.78, 5) is 38.4. The Bertz CT molecular complexity index is 1340. The molecule has 0 radical (unpaired) electrons. The van der Waals surface area contributed by atoms with Gasteiger partial charge in [-0.15, -0.1) is 0 Å². The van der Waals surface area contributed by atoms with Crippen LogP contribution < -0.4 is 0 Å². The van der Waals surface area contributed by atoms with Crippen molar-refractivity contribution in [3.63, 3.8) is 0 Å². The standard InChI is InChI=1S/C74H138O6/c1-4-7-10-13-16-19-22-25-27-29-31-33-35-37-39-41-43-45-47-49-52-55-58-61-64-67-73(76)79-70-71(69-78-72(75)66-63-60-57-54-51-24-21-18-15-12-9-6-3)80-74(77)68-65-62-59-56-53-50-48-46-44-42-40-38-36-34-32-30-28-26-23-20-17-14-11-8-5-2/h18,21,29-32,71H,4-17,19-20,22-28,33-70H2,1-3H3/b21-18-,31-29-,32-30-. The van der Waals surface area contributed by atoms with Gasteiger partial charge in [-0.2, -0.15) is 0 Å². The first-order valence-corrected chi connectivity index (χ1v) is 36.0. The lowest BCUT2D eigenvalue weighted by Gasteiger charge is -2.18. The first-order chi connectivity index (χ1) is 39.5. The Kier molecular flexibility index (Phi) is 67.1. The van der Waals surface area contributed by atoms with Crippen LogP contribution in [-0.2, 0) is 28.6 Å². The van der Waals surface area contributed by atoms with Crippen molar-refractivity contribution >= 4 is 17.9 Å². The minimum Gasteiger partial charge on any atom is -0.462 e. The third-order valence-electron chi connectivity index (χ3n) is 16.3. The number of ether oxygens (including phenoxy) is 3. The molecule has 1 unspecified atom stereocenters. The Hall–Kier alpha value is -2.37. The molecule has 1 atom stereocenters. The maximum absolute atomic E-state index is 13.0. The van der Waals surface area contributed by atoms with E-state index in [1.54, 1.807) is 0 Å². The summed E-state index contributed by atoms with van der Waals surface area (Å²) in [5.41, 5.74) is 0. The number of allylic oxidation sites excluding steroid dienone is 6. The second kappa shape index (κ2) is 69.1. The van der Waals surface area contributed by atoms with Crippen LogP contribution in [-0.4, -0.2) is 37.2 Å². The quantitative estimate of drug-likeness (QED) is 0.0261. The topological polar surface area (TPSA) is 78.9 Å². The van der Waals surface area contributed by atoms with Crippen molar-refractivity contribution in [1.29, 1.82) is 0 Å². The third kappa shape index (κ3) is 66.4. The molecule has 0 aromatic rings. The molecule has 0 rings (SSSR count). The molecule has 0 amide bonds. The molecule has 6 heteroatoms. The molecule has 6 nitrogen and oxygen atoms in total. The molecule has 0 spiro atoms. The van der Waals surface area contributed by atoms with Crippen LogP contribution in [0.15, 0.2) is 36.5 Å². The Morgan fingerprint density at radius 2 is 0.412 bits per heavy atom. The van der Waals surface area contributed by atoms with Crippen LogP contribution in [0.25, 0.3) is 0 Å². The zero-order valence-corrected chi connectivity index (χ0v) is 54.1. The number of rotatable bonds is 67. The smallest absolute Gasteiger partial charge is 0.306 e. The van der Waals surface area contributed by atoms with Crippen molar-refractivity contribution < 1.29 is 28.6 Å². The molecule has 80 heavy (non-hydrogen) atoms. The second-order valence-electron chi connectivity index (χ2n) is 24.5. The van der Waals surface area contributed by atoms with E-state index in [1.807, 2.05) is 0 Å². The highest BCUT2D eigenvalue weighted by molar-refractivity contribution is 5.71. The SMILES string of the molecule is CCCCC/C=C\CCCCCCCC(=O)OCC(COC(=O)CCCCCCCCCCCCCCC/C=C\CCCCCCCCCC)OC(=O)CCCCCCCCCCCCCCC/C=C\CCCCCCCCCC. The lowest BCUT2D eigenvalue weighted by Crippen LogP contribution is -2.30. The summed E-state index contributed by atoms with van der Waals surface area (Å²) in [5, 5.41) is 0. The van der Waals surface area contributed by atoms with Crippen LogP contribution in [0.3, 0.4) is 0 Å². The largest absolute Gasteiger partial charge is 0.462 e. The first kappa shape index (κ1) is 77.6. The summed E-state index contributed by atoms with van der Waals surface area (Å²) >= 11 is 0. The summed E-state index contributed by atoms with van der Waals surface area (Å²) < 4.78 is 17.0. The van der Waals surface area contributed by atoms with Crippen LogP contribution in [0, 0.1) is 0 Å². The summed E-state index contributed by atoms with van der Waals surface area (Å²) in [6.07, 6.45) is 86.1. The predicted molar refractivity (Wildman–Crippen MR) is 349 cm³/mol. The summed E-state index contributed by atoms with van der Waals surface area (Å²) in [7, 11) is 0. The van der Waals surface area contributed by atoms with E-state index in [0.717, 1.165) is 64.2 Å².